The summed E-state index contributed by atoms with van der Waals surface area (Å²) in [6.07, 6.45) is 0. The van der Waals surface area contributed by atoms with Crippen LogP contribution in [0.4, 0.5) is 18.9 Å². The van der Waals surface area contributed by atoms with Gasteiger partial charge < -0.3 is 5.11 Å². The molecule has 0 aliphatic carbocycles. The van der Waals surface area contributed by atoms with E-state index in [0.717, 1.165) is 11.3 Å². The average Bonchev–Trinajstić information content (AvgIpc) is 3.30. The molecule has 0 amide bonds. The van der Waals surface area contributed by atoms with E-state index in [1.807, 2.05) is 0 Å². The summed E-state index contributed by atoms with van der Waals surface area (Å²) in [5.74, 6) is -7.40. The molecule has 1 heterocycles. The molecule has 0 radical (unpaired) electrons. The van der Waals surface area contributed by atoms with Crippen molar-refractivity contribution in [3.63, 3.8) is 0 Å². The highest BCUT2D eigenvalue weighted by Crippen LogP contribution is 2.33. The normalized spacial score (nSPS) is 11.4. The molecule has 2 N–H and O–H groups in total. The number of hydrogen-bond donors (Lipinski definition) is 2. The number of anilines is 1. The van der Waals surface area contributed by atoms with Crippen molar-refractivity contribution in [2.75, 3.05) is 4.72 Å². The predicted octanol–water partition coefficient (Wildman–Crippen LogP) is 6.22. The molecule has 0 spiro atoms. The Bertz CT molecular complexity index is 1520. The maximum Gasteiger partial charge on any atom is 0.261 e. The molecule has 0 atom stereocenters. The van der Waals surface area contributed by atoms with Crippen LogP contribution in [0.25, 0.3) is 10.4 Å². The van der Waals surface area contributed by atoms with Gasteiger partial charge in [0.05, 0.1) is 15.3 Å². The largest absolute Gasteiger partial charge is 0.503 e. The maximum atomic E-state index is 14.1. The standard InChI is InChI=1S/C23H13ClF3NO4S2/c24-13-4-6-15(7-5-13)34(31,32)28-14-3-1-2-12(10-14)18-8-9-19(33-18)22(29)16-11-17(25)21(27)23(30)20(16)26/h1-11,28,30H. The van der Waals surface area contributed by atoms with Gasteiger partial charge in [-0.3, -0.25) is 9.52 Å². The van der Waals surface area contributed by atoms with Gasteiger partial charge in [-0.25, -0.2) is 17.2 Å². The summed E-state index contributed by atoms with van der Waals surface area (Å²) in [6.45, 7) is 0. The Morgan fingerprint density at radius 1 is 0.941 bits per heavy atom. The third-order valence-electron chi connectivity index (χ3n) is 4.73. The second-order valence-electron chi connectivity index (χ2n) is 7.02. The molecule has 0 unspecified atom stereocenters. The molecular formula is C23H13ClF3NO4S2. The van der Waals surface area contributed by atoms with Gasteiger partial charge in [0.1, 0.15) is 0 Å². The fraction of sp³-hybridized carbons (Fsp3) is 0. The monoisotopic (exact) mass is 523 g/mol. The van der Waals surface area contributed by atoms with Gasteiger partial charge in [-0.15, -0.1) is 11.3 Å². The second-order valence-corrected chi connectivity index (χ2v) is 10.2. The number of nitrogens with one attached hydrogen (secondary N) is 1. The van der Waals surface area contributed by atoms with Gasteiger partial charge in [-0.1, -0.05) is 23.7 Å². The summed E-state index contributed by atoms with van der Waals surface area (Å²) in [5.41, 5.74) is -0.00599. The maximum absolute atomic E-state index is 14.1. The minimum atomic E-state index is -3.88. The van der Waals surface area contributed by atoms with Crippen molar-refractivity contribution in [3.05, 3.63) is 99.6 Å². The van der Waals surface area contributed by atoms with E-state index in [-0.39, 0.29) is 15.5 Å². The number of carbonyl (C=O) groups excluding carboxylic acids is 1. The topological polar surface area (TPSA) is 83.5 Å². The third kappa shape index (κ3) is 4.65. The number of phenolic OH excluding ortho intramolecular Hbond substituents is 1. The summed E-state index contributed by atoms with van der Waals surface area (Å²) in [5, 5.41) is 9.76. The van der Waals surface area contributed by atoms with Crippen LogP contribution in [-0.4, -0.2) is 19.3 Å². The number of phenols is 1. The Morgan fingerprint density at radius 2 is 1.65 bits per heavy atom. The van der Waals surface area contributed by atoms with E-state index in [1.165, 1.54) is 42.5 Å². The molecule has 1 aromatic heterocycles. The van der Waals surface area contributed by atoms with Crippen molar-refractivity contribution in [1.29, 1.82) is 0 Å². The molecule has 3 aromatic carbocycles. The average molecular weight is 524 g/mol. The van der Waals surface area contributed by atoms with Gasteiger partial charge in [0.2, 0.25) is 11.6 Å². The lowest BCUT2D eigenvalue weighted by Crippen LogP contribution is -2.12. The number of aromatic hydroxyl groups is 1. The minimum absolute atomic E-state index is 0.00598. The van der Waals surface area contributed by atoms with Crippen molar-refractivity contribution in [2.24, 2.45) is 0 Å². The zero-order chi connectivity index (χ0) is 24.6. The highest BCUT2D eigenvalue weighted by molar-refractivity contribution is 7.92. The van der Waals surface area contributed by atoms with Gasteiger partial charge in [0, 0.05) is 15.6 Å². The van der Waals surface area contributed by atoms with Crippen LogP contribution >= 0.6 is 22.9 Å². The van der Waals surface area contributed by atoms with Crippen molar-refractivity contribution in [1.82, 2.24) is 0 Å². The molecule has 34 heavy (non-hydrogen) atoms. The molecule has 0 bridgehead atoms. The Kier molecular flexibility index (Phi) is 6.39. The summed E-state index contributed by atoms with van der Waals surface area (Å²) >= 11 is 6.73. The molecule has 4 rings (SSSR count). The molecule has 174 valence electrons. The summed E-state index contributed by atoms with van der Waals surface area (Å²) in [4.78, 5) is 13.2. The van der Waals surface area contributed by atoms with E-state index in [4.69, 9.17) is 11.6 Å². The summed E-state index contributed by atoms with van der Waals surface area (Å²) in [6, 6.07) is 15.3. The lowest BCUT2D eigenvalue weighted by Gasteiger charge is -2.09. The SMILES string of the molecule is O=C(c1ccc(-c2cccc(NS(=O)(=O)c3ccc(Cl)cc3)c2)s1)c1cc(F)c(F)c(O)c1F. The van der Waals surface area contributed by atoms with Crippen molar-refractivity contribution < 1.29 is 31.5 Å². The molecular weight excluding hydrogens is 511 g/mol. The zero-order valence-corrected chi connectivity index (χ0v) is 19.2. The molecule has 0 saturated heterocycles. The molecule has 4 aromatic rings. The smallest absolute Gasteiger partial charge is 0.261 e. The quantitative estimate of drug-likeness (QED) is 0.232. The first kappa shape index (κ1) is 23.8. The van der Waals surface area contributed by atoms with Crippen LogP contribution in [0.15, 0.2) is 71.6 Å². The van der Waals surface area contributed by atoms with Gasteiger partial charge in [-0.05, 0) is 60.2 Å². The van der Waals surface area contributed by atoms with E-state index in [0.29, 0.717) is 21.5 Å². The molecule has 5 nitrogen and oxygen atoms in total. The van der Waals surface area contributed by atoms with E-state index in [9.17, 15) is 31.5 Å². The number of ketones is 1. The van der Waals surface area contributed by atoms with E-state index < -0.39 is 44.6 Å². The van der Waals surface area contributed by atoms with E-state index in [1.54, 1.807) is 18.2 Å². The number of thiophene rings is 1. The Morgan fingerprint density at radius 3 is 2.35 bits per heavy atom. The van der Waals surface area contributed by atoms with Gasteiger partial charge in [-0.2, -0.15) is 4.39 Å². The number of hydrogen-bond acceptors (Lipinski definition) is 5. The van der Waals surface area contributed by atoms with Gasteiger partial charge in [0.25, 0.3) is 10.0 Å². The zero-order valence-electron chi connectivity index (χ0n) is 16.9. The number of sulfonamides is 1. The van der Waals surface area contributed by atoms with Gasteiger partial charge in [0.15, 0.2) is 17.4 Å². The van der Waals surface area contributed by atoms with Crippen LogP contribution in [0.1, 0.15) is 15.2 Å². The first-order valence-electron chi connectivity index (χ1n) is 9.46. The van der Waals surface area contributed by atoms with Crippen LogP contribution in [0.3, 0.4) is 0 Å². The summed E-state index contributed by atoms with van der Waals surface area (Å²) in [7, 11) is -3.88. The van der Waals surface area contributed by atoms with Crippen molar-refractivity contribution >= 4 is 44.4 Å². The lowest BCUT2D eigenvalue weighted by molar-refractivity contribution is 0.103. The first-order valence-corrected chi connectivity index (χ1v) is 12.1. The number of halogens is 4. The molecule has 11 heteroatoms. The van der Waals surface area contributed by atoms with E-state index in [2.05, 4.69) is 4.72 Å². The highest BCUT2D eigenvalue weighted by atomic mass is 35.5. The van der Waals surface area contributed by atoms with Crippen LogP contribution in [0.2, 0.25) is 5.02 Å². The van der Waals surface area contributed by atoms with Crippen LogP contribution < -0.4 is 4.72 Å². The van der Waals surface area contributed by atoms with E-state index >= 15 is 0 Å². The third-order valence-corrected chi connectivity index (χ3v) is 7.51. The Labute approximate surface area is 201 Å². The molecule has 0 aliphatic heterocycles. The second kappa shape index (κ2) is 9.13. The Balaban J connectivity index is 1.61. The Hall–Kier alpha value is -3.34. The fourth-order valence-corrected chi connectivity index (χ4v) is 5.20. The van der Waals surface area contributed by atoms with Crippen molar-refractivity contribution in [3.8, 4) is 16.2 Å². The van der Waals surface area contributed by atoms with Crippen LogP contribution in [0, 0.1) is 17.5 Å². The number of benzene rings is 3. The van der Waals surface area contributed by atoms with Crippen LogP contribution in [-0.2, 0) is 10.0 Å². The highest BCUT2D eigenvalue weighted by Gasteiger charge is 2.24. The summed E-state index contributed by atoms with van der Waals surface area (Å²) < 4.78 is 68.7. The molecule has 0 aliphatic rings. The predicted molar refractivity (Wildman–Crippen MR) is 123 cm³/mol. The molecule has 0 saturated carbocycles. The lowest BCUT2D eigenvalue weighted by atomic mass is 10.1. The van der Waals surface area contributed by atoms with Gasteiger partial charge >= 0.3 is 0 Å². The number of carbonyl (C=O) groups is 1. The van der Waals surface area contributed by atoms with Crippen LogP contribution in [0.5, 0.6) is 5.75 Å². The number of rotatable bonds is 6. The first-order chi connectivity index (χ1) is 16.1. The van der Waals surface area contributed by atoms with Crippen molar-refractivity contribution in [2.45, 2.75) is 4.90 Å². The fourth-order valence-electron chi connectivity index (χ4n) is 3.07. The minimum Gasteiger partial charge on any atom is -0.503 e. The molecule has 0 fully saturated rings.